The van der Waals surface area contributed by atoms with Crippen molar-refractivity contribution in [3.63, 3.8) is 0 Å². The molecule has 0 saturated heterocycles. The average Bonchev–Trinajstić information content (AvgIpc) is 2.61. The molecule has 0 radical (unpaired) electrons. The lowest BCUT2D eigenvalue weighted by atomic mass is 10.3. The molecule has 0 aliphatic heterocycles. The topological polar surface area (TPSA) is 65.9 Å². The van der Waals surface area contributed by atoms with Crippen LogP contribution in [0.15, 0.2) is 0 Å². The van der Waals surface area contributed by atoms with Gasteiger partial charge in [-0.05, 0) is 24.9 Å². The number of nitrogens with zero attached hydrogens (tertiary/aromatic N) is 3. The zero-order valence-electron chi connectivity index (χ0n) is 9.16. The minimum absolute atomic E-state index is 0.354. The highest BCUT2D eigenvalue weighted by molar-refractivity contribution is 7.10. The summed E-state index contributed by atoms with van der Waals surface area (Å²) in [5.41, 5.74) is 6.15. The lowest BCUT2D eigenvalue weighted by molar-refractivity contribution is 0.736. The molecule has 5 heteroatoms. The van der Waals surface area contributed by atoms with E-state index in [0.717, 1.165) is 30.9 Å². The molecular formula is C10H16N4S. The SMILES string of the molecule is CCCCN(CC)c1snc(N)c1C#N. The van der Waals surface area contributed by atoms with Crippen LogP contribution in [-0.4, -0.2) is 17.5 Å². The van der Waals surface area contributed by atoms with Crippen molar-refractivity contribution in [2.24, 2.45) is 0 Å². The number of unbranched alkanes of at least 4 members (excludes halogenated alkanes) is 1. The minimum atomic E-state index is 0.354. The zero-order valence-corrected chi connectivity index (χ0v) is 9.97. The molecular weight excluding hydrogens is 208 g/mol. The van der Waals surface area contributed by atoms with Gasteiger partial charge in [0.25, 0.3) is 0 Å². The van der Waals surface area contributed by atoms with Crippen LogP contribution in [0.25, 0.3) is 0 Å². The fourth-order valence-corrected chi connectivity index (χ4v) is 2.22. The third kappa shape index (κ3) is 2.60. The summed E-state index contributed by atoms with van der Waals surface area (Å²) in [4.78, 5) is 2.16. The van der Waals surface area contributed by atoms with Crippen molar-refractivity contribution in [1.29, 1.82) is 5.26 Å². The average molecular weight is 224 g/mol. The van der Waals surface area contributed by atoms with Crippen molar-refractivity contribution in [1.82, 2.24) is 4.37 Å². The van der Waals surface area contributed by atoms with Crippen LogP contribution in [0, 0.1) is 11.3 Å². The minimum Gasteiger partial charge on any atom is -0.382 e. The number of nitrogen functional groups attached to an aromatic ring is 1. The maximum atomic E-state index is 8.97. The molecule has 2 N–H and O–H groups in total. The van der Waals surface area contributed by atoms with Gasteiger partial charge in [0.1, 0.15) is 16.6 Å². The Kier molecular flexibility index (Phi) is 4.37. The quantitative estimate of drug-likeness (QED) is 0.832. The van der Waals surface area contributed by atoms with Crippen molar-refractivity contribution in [2.45, 2.75) is 26.7 Å². The number of hydrogen-bond acceptors (Lipinski definition) is 5. The third-order valence-electron chi connectivity index (χ3n) is 2.26. The number of aromatic nitrogens is 1. The lowest BCUT2D eigenvalue weighted by Crippen LogP contribution is -2.23. The summed E-state index contributed by atoms with van der Waals surface area (Å²) >= 11 is 1.31. The normalized spacial score (nSPS) is 9.93. The number of anilines is 2. The van der Waals surface area contributed by atoms with Crippen LogP contribution in [0.3, 0.4) is 0 Å². The predicted octanol–water partition coefficient (Wildman–Crippen LogP) is 2.22. The Morgan fingerprint density at radius 1 is 1.53 bits per heavy atom. The molecule has 0 spiro atoms. The Hall–Kier alpha value is -1.28. The third-order valence-corrected chi connectivity index (χ3v) is 3.19. The smallest absolute Gasteiger partial charge is 0.157 e. The van der Waals surface area contributed by atoms with Crippen LogP contribution in [0.4, 0.5) is 10.8 Å². The first-order chi connectivity index (χ1) is 7.24. The van der Waals surface area contributed by atoms with E-state index in [9.17, 15) is 0 Å². The van der Waals surface area contributed by atoms with Crippen LogP contribution >= 0.6 is 11.5 Å². The van der Waals surface area contributed by atoms with Gasteiger partial charge in [0.2, 0.25) is 0 Å². The summed E-state index contributed by atoms with van der Waals surface area (Å²) in [6.07, 6.45) is 2.27. The standard InChI is InChI=1S/C10H16N4S/c1-3-5-6-14(4-2)10-8(7-11)9(12)13-15-10/h3-6H2,1-2H3,(H2,12,13). The highest BCUT2D eigenvalue weighted by Crippen LogP contribution is 2.29. The molecule has 1 rings (SSSR count). The second kappa shape index (κ2) is 5.56. The van der Waals surface area contributed by atoms with E-state index in [-0.39, 0.29) is 0 Å². The fourth-order valence-electron chi connectivity index (χ4n) is 1.37. The first-order valence-electron chi connectivity index (χ1n) is 5.14. The maximum Gasteiger partial charge on any atom is 0.157 e. The van der Waals surface area contributed by atoms with Gasteiger partial charge < -0.3 is 10.6 Å². The molecule has 0 amide bonds. The molecule has 0 aromatic carbocycles. The Morgan fingerprint density at radius 2 is 2.27 bits per heavy atom. The summed E-state index contributed by atoms with van der Waals surface area (Å²) in [7, 11) is 0. The van der Waals surface area contributed by atoms with Crippen molar-refractivity contribution in [3.8, 4) is 6.07 Å². The van der Waals surface area contributed by atoms with Crippen LogP contribution in [0.5, 0.6) is 0 Å². The number of nitrogens with two attached hydrogens (primary N) is 1. The van der Waals surface area contributed by atoms with E-state index in [0.29, 0.717) is 11.4 Å². The summed E-state index contributed by atoms with van der Waals surface area (Å²) in [5.74, 6) is 0.354. The molecule has 0 bridgehead atoms. The van der Waals surface area contributed by atoms with Gasteiger partial charge in [-0.3, -0.25) is 0 Å². The van der Waals surface area contributed by atoms with Crippen LogP contribution in [-0.2, 0) is 0 Å². The van der Waals surface area contributed by atoms with Crippen LogP contribution < -0.4 is 10.6 Å². The molecule has 0 atom stereocenters. The van der Waals surface area contributed by atoms with Gasteiger partial charge in [0.05, 0.1) is 0 Å². The molecule has 0 aliphatic carbocycles. The second-order valence-electron chi connectivity index (χ2n) is 3.29. The molecule has 0 unspecified atom stereocenters. The van der Waals surface area contributed by atoms with Gasteiger partial charge in [-0.2, -0.15) is 9.64 Å². The van der Waals surface area contributed by atoms with E-state index in [1.54, 1.807) is 0 Å². The van der Waals surface area contributed by atoms with Gasteiger partial charge in [0.15, 0.2) is 5.82 Å². The number of nitriles is 1. The Morgan fingerprint density at radius 3 is 2.80 bits per heavy atom. The van der Waals surface area contributed by atoms with Gasteiger partial charge in [-0.15, -0.1) is 0 Å². The Labute approximate surface area is 94.5 Å². The monoisotopic (exact) mass is 224 g/mol. The van der Waals surface area contributed by atoms with E-state index in [1.165, 1.54) is 11.5 Å². The molecule has 82 valence electrons. The van der Waals surface area contributed by atoms with E-state index >= 15 is 0 Å². The molecule has 1 aromatic rings. The van der Waals surface area contributed by atoms with Crippen molar-refractivity contribution in [3.05, 3.63) is 5.56 Å². The maximum absolute atomic E-state index is 8.97. The van der Waals surface area contributed by atoms with E-state index in [4.69, 9.17) is 11.0 Å². The van der Waals surface area contributed by atoms with Gasteiger partial charge in [0, 0.05) is 13.1 Å². The van der Waals surface area contributed by atoms with Crippen molar-refractivity contribution < 1.29 is 0 Å². The van der Waals surface area contributed by atoms with Crippen LogP contribution in [0.2, 0.25) is 0 Å². The molecule has 1 heterocycles. The lowest BCUT2D eigenvalue weighted by Gasteiger charge is -2.20. The molecule has 1 aromatic heterocycles. The summed E-state index contributed by atoms with van der Waals surface area (Å²) < 4.78 is 4.02. The van der Waals surface area contributed by atoms with Gasteiger partial charge in [-0.1, -0.05) is 13.3 Å². The summed E-state index contributed by atoms with van der Waals surface area (Å²) in [6, 6.07) is 2.12. The van der Waals surface area contributed by atoms with E-state index < -0.39 is 0 Å². The molecule has 0 saturated carbocycles. The molecule has 4 nitrogen and oxygen atoms in total. The van der Waals surface area contributed by atoms with Gasteiger partial charge >= 0.3 is 0 Å². The van der Waals surface area contributed by atoms with E-state index in [2.05, 4.69) is 29.2 Å². The fraction of sp³-hybridized carbons (Fsp3) is 0.600. The number of rotatable bonds is 5. The van der Waals surface area contributed by atoms with Crippen LogP contribution in [0.1, 0.15) is 32.3 Å². The summed E-state index contributed by atoms with van der Waals surface area (Å²) in [6.45, 7) is 6.08. The van der Waals surface area contributed by atoms with E-state index in [1.807, 2.05) is 0 Å². The summed E-state index contributed by atoms with van der Waals surface area (Å²) in [5, 5.41) is 9.88. The molecule has 0 fully saturated rings. The predicted molar refractivity (Wildman–Crippen MR) is 64.0 cm³/mol. The molecule has 0 aliphatic rings. The highest BCUT2D eigenvalue weighted by Gasteiger charge is 2.15. The Bertz CT molecular complexity index is 353. The first kappa shape index (κ1) is 11.8. The second-order valence-corrected chi connectivity index (χ2v) is 4.04. The van der Waals surface area contributed by atoms with Crippen molar-refractivity contribution in [2.75, 3.05) is 23.7 Å². The van der Waals surface area contributed by atoms with Crippen molar-refractivity contribution >= 4 is 22.4 Å². The zero-order chi connectivity index (χ0) is 11.3. The Balaban J connectivity index is 2.87. The van der Waals surface area contributed by atoms with Gasteiger partial charge in [-0.25, -0.2) is 0 Å². The number of hydrogen-bond donors (Lipinski definition) is 1. The largest absolute Gasteiger partial charge is 0.382 e. The molecule has 15 heavy (non-hydrogen) atoms. The first-order valence-corrected chi connectivity index (χ1v) is 5.92. The highest BCUT2D eigenvalue weighted by atomic mass is 32.1.